The lowest BCUT2D eigenvalue weighted by atomic mass is 10.1. The monoisotopic (exact) mass is 491 g/mol. The molecule has 0 N–H and O–H groups in total. The second-order valence-electron chi connectivity index (χ2n) is 8.48. The second kappa shape index (κ2) is 11.2. The number of hydrogen-bond acceptors (Lipinski definition) is 5. The molecule has 0 spiro atoms. The minimum Gasteiger partial charge on any atom is -0.493 e. The number of aromatic nitrogens is 2. The third kappa shape index (κ3) is 5.00. The van der Waals surface area contributed by atoms with E-state index in [9.17, 15) is 9.59 Å². The Morgan fingerprint density at radius 2 is 1.53 bits per heavy atom. The van der Waals surface area contributed by atoms with Crippen molar-refractivity contribution in [3.63, 3.8) is 0 Å². The SMILES string of the molecule is CCN(CC)C(=O)N1CCN(C(=O)c2cn(-c3ccccc3)nc2-c2ccc(OC)c(OC)c2)CC1. The molecule has 1 aliphatic heterocycles. The van der Waals surface area contributed by atoms with Crippen LogP contribution in [0.2, 0.25) is 0 Å². The molecular weight excluding hydrogens is 458 g/mol. The number of piperazine rings is 1. The molecule has 1 aromatic heterocycles. The van der Waals surface area contributed by atoms with Gasteiger partial charge in [-0.3, -0.25) is 4.79 Å². The van der Waals surface area contributed by atoms with Gasteiger partial charge in [-0.05, 0) is 44.2 Å². The first-order valence-electron chi connectivity index (χ1n) is 12.2. The fourth-order valence-corrected chi connectivity index (χ4v) is 4.41. The summed E-state index contributed by atoms with van der Waals surface area (Å²) in [5.41, 5.74) is 2.66. The van der Waals surface area contributed by atoms with E-state index in [1.807, 2.05) is 67.3 Å². The number of carbonyl (C=O) groups is 2. The highest BCUT2D eigenvalue weighted by Gasteiger charge is 2.29. The van der Waals surface area contributed by atoms with Gasteiger partial charge in [0, 0.05) is 51.0 Å². The predicted octanol–water partition coefficient (Wildman–Crippen LogP) is 3.78. The van der Waals surface area contributed by atoms with Crippen LogP contribution in [0.15, 0.2) is 54.7 Å². The minimum atomic E-state index is -0.114. The summed E-state index contributed by atoms with van der Waals surface area (Å²) in [7, 11) is 3.16. The maximum atomic E-state index is 13.7. The number of amides is 3. The molecule has 0 atom stereocenters. The van der Waals surface area contributed by atoms with E-state index in [1.165, 1.54) is 0 Å². The molecule has 2 heterocycles. The Labute approximate surface area is 211 Å². The summed E-state index contributed by atoms with van der Waals surface area (Å²) in [5.74, 6) is 1.05. The Morgan fingerprint density at radius 1 is 0.889 bits per heavy atom. The molecule has 0 saturated carbocycles. The Bertz CT molecular complexity index is 1200. The number of carbonyl (C=O) groups excluding carboxylic acids is 2. The number of methoxy groups -OCH3 is 2. The van der Waals surface area contributed by atoms with Gasteiger partial charge in [-0.15, -0.1) is 0 Å². The smallest absolute Gasteiger partial charge is 0.320 e. The van der Waals surface area contributed by atoms with E-state index < -0.39 is 0 Å². The third-order valence-electron chi connectivity index (χ3n) is 6.49. The molecule has 0 radical (unpaired) electrons. The van der Waals surface area contributed by atoms with Gasteiger partial charge < -0.3 is 24.2 Å². The maximum absolute atomic E-state index is 13.7. The number of nitrogens with zero attached hydrogens (tertiary/aromatic N) is 5. The molecule has 36 heavy (non-hydrogen) atoms. The normalized spacial score (nSPS) is 13.4. The number of urea groups is 1. The molecule has 9 nitrogen and oxygen atoms in total. The van der Waals surface area contributed by atoms with E-state index in [0.717, 1.165) is 11.3 Å². The lowest BCUT2D eigenvalue weighted by Crippen LogP contribution is -2.54. The van der Waals surface area contributed by atoms with Crippen LogP contribution in [0.3, 0.4) is 0 Å². The van der Waals surface area contributed by atoms with Crippen molar-refractivity contribution in [1.29, 1.82) is 0 Å². The lowest BCUT2D eigenvalue weighted by molar-refractivity contribution is 0.0642. The van der Waals surface area contributed by atoms with Gasteiger partial charge in [-0.25, -0.2) is 9.48 Å². The number of benzene rings is 2. The fourth-order valence-electron chi connectivity index (χ4n) is 4.41. The quantitative estimate of drug-likeness (QED) is 0.503. The Morgan fingerprint density at radius 3 is 2.14 bits per heavy atom. The number of hydrogen-bond donors (Lipinski definition) is 0. The zero-order valence-electron chi connectivity index (χ0n) is 21.3. The van der Waals surface area contributed by atoms with Crippen molar-refractivity contribution in [2.75, 3.05) is 53.5 Å². The molecule has 4 rings (SSSR count). The first-order chi connectivity index (χ1) is 17.5. The molecule has 0 aliphatic carbocycles. The van der Waals surface area contributed by atoms with E-state index in [4.69, 9.17) is 14.6 Å². The van der Waals surface area contributed by atoms with Crippen molar-refractivity contribution < 1.29 is 19.1 Å². The Hall–Kier alpha value is -4.01. The summed E-state index contributed by atoms with van der Waals surface area (Å²) in [5, 5.41) is 4.79. The molecule has 0 bridgehead atoms. The summed E-state index contributed by atoms with van der Waals surface area (Å²) < 4.78 is 12.6. The molecule has 0 unspecified atom stereocenters. The second-order valence-corrected chi connectivity index (χ2v) is 8.48. The highest BCUT2D eigenvalue weighted by molar-refractivity contribution is 6.00. The third-order valence-corrected chi connectivity index (χ3v) is 6.49. The molecular formula is C27H33N5O4. The van der Waals surface area contributed by atoms with Gasteiger partial charge >= 0.3 is 6.03 Å². The first kappa shape index (κ1) is 25.1. The predicted molar refractivity (Wildman–Crippen MR) is 138 cm³/mol. The average molecular weight is 492 g/mol. The van der Waals surface area contributed by atoms with Gasteiger partial charge in [-0.1, -0.05) is 18.2 Å². The number of rotatable bonds is 7. The van der Waals surface area contributed by atoms with Gasteiger partial charge in [0.2, 0.25) is 0 Å². The van der Waals surface area contributed by atoms with Crippen LogP contribution >= 0.6 is 0 Å². The standard InChI is InChI=1S/C27H33N5O4/c1-5-29(6-2)27(34)31-16-14-30(15-17-31)26(33)22-19-32(21-10-8-7-9-11-21)28-25(22)20-12-13-23(35-3)24(18-20)36-4/h7-13,18-19H,5-6,14-17H2,1-4H3. The number of ether oxygens (including phenoxy) is 2. The summed E-state index contributed by atoms with van der Waals surface area (Å²) in [6.45, 7) is 7.22. The van der Waals surface area contributed by atoms with Crippen molar-refractivity contribution in [2.45, 2.75) is 13.8 Å². The zero-order valence-corrected chi connectivity index (χ0v) is 21.3. The van der Waals surface area contributed by atoms with Crippen LogP contribution in [-0.2, 0) is 0 Å². The van der Waals surface area contributed by atoms with Crippen LogP contribution in [0.4, 0.5) is 4.79 Å². The van der Waals surface area contributed by atoms with E-state index in [1.54, 1.807) is 34.9 Å². The summed E-state index contributed by atoms with van der Waals surface area (Å²) >= 11 is 0. The Balaban J connectivity index is 1.64. The highest BCUT2D eigenvalue weighted by Crippen LogP contribution is 2.34. The molecule has 1 saturated heterocycles. The molecule has 9 heteroatoms. The van der Waals surface area contributed by atoms with Crippen LogP contribution in [0.5, 0.6) is 11.5 Å². The highest BCUT2D eigenvalue weighted by atomic mass is 16.5. The first-order valence-corrected chi connectivity index (χ1v) is 12.2. The van der Waals surface area contributed by atoms with Crippen LogP contribution < -0.4 is 9.47 Å². The van der Waals surface area contributed by atoms with E-state index in [2.05, 4.69) is 0 Å². The van der Waals surface area contributed by atoms with Crippen LogP contribution in [-0.4, -0.2) is 89.9 Å². The molecule has 3 aromatic rings. The van der Waals surface area contributed by atoms with Gasteiger partial charge in [0.15, 0.2) is 11.5 Å². The molecule has 190 valence electrons. The van der Waals surface area contributed by atoms with Gasteiger partial charge in [0.1, 0.15) is 5.69 Å². The summed E-state index contributed by atoms with van der Waals surface area (Å²) in [4.78, 5) is 31.9. The summed E-state index contributed by atoms with van der Waals surface area (Å²) in [6, 6.07) is 15.2. The van der Waals surface area contributed by atoms with E-state index in [0.29, 0.717) is 62.0 Å². The average Bonchev–Trinajstić information content (AvgIpc) is 3.39. The lowest BCUT2D eigenvalue weighted by Gasteiger charge is -2.37. The largest absolute Gasteiger partial charge is 0.493 e. The molecule has 3 amide bonds. The zero-order chi connectivity index (χ0) is 25.7. The Kier molecular flexibility index (Phi) is 7.77. The van der Waals surface area contributed by atoms with Crippen molar-refractivity contribution >= 4 is 11.9 Å². The number of para-hydroxylation sites is 1. The minimum absolute atomic E-state index is 0.0232. The van der Waals surface area contributed by atoms with Gasteiger partial charge in [0.25, 0.3) is 5.91 Å². The van der Waals surface area contributed by atoms with E-state index in [-0.39, 0.29) is 11.9 Å². The topological polar surface area (TPSA) is 80.1 Å². The van der Waals surface area contributed by atoms with Crippen LogP contribution in [0, 0.1) is 0 Å². The fraction of sp³-hybridized carbons (Fsp3) is 0.370. The molecule has 1 fully saturated rings. The van der Waals surface area contributed by atoms with Gasteiger partial charge in [0.05, 0.1) is 25.5 Å². The molecule has 2 aromatic carbocycles. The van der Waals surface area contributed by atoms with E-state index >= 15 is 0 Å². The van der Waals surface area contributed by atoms with Crippen molar-refractivity contribution in [3.8, 4) is 28.4 Å². The van der Waals surface area contributed by atoms with Crippen molar-refractivity contribution in [3.05, 3.63) is 60.3 Å². The summed E-state index contributed by atoms with van der Waals surface area (Å²) in [6.07, 6.45) is 1.77. The molecule has 1 aliphatic rings. The van der Waals surface area contributed by atoms with Crippen molar-refractivity contribution in [1.82, 2.24) is 24.5 Å². The van der Waals surface area contributed by atoms with Crippen LogP contribution in [0.25, 0.3) is 16.9 Å². The van der Waals surface area contributed by atoms with Crippen molar-refractivity contribution in [2.24, 2.45) is 0 Å². The van der Waals surface area contributed by atoms with Crippen LogP contribution in [0.1, 0.15) is 24.2 Å². The van der Waals surface area contributed by atoms with Gasteiger partial charge in [-0.2, -0.15) is 5.10 Å². The maximum Gasteiger partial charge on any atom is 0.320 e.